The lowest BCUT2D eigenvalue weighted by atomic mass is 9.88. The van der Waals surface area contributed by atoms with E-state index in [0.717, 1.165) is 31.7 Å². The van der Waals surface area contributed by atoms with E-state index in [4.69, 9.17) is 0 Å². The van der Waals surface area contributed by atoms with Crippen LogP contribution >= 0.6 is 0 Å². The summed E-state index contributed by atoms with van der Waals surface area (Å²) in [5.41, 5.74) is 0. The maximum absolute atomic E-state index is 11.4. The van der Waals surface area contributed by atoms with Gasteiger partial charge < -0.3 is 10.4 Å². The Labute approximate surface area is 84.9 Å². The van der Waals surface area contributed by atoms with Gasteiger partial charge in [0, 0.05) is 6.54 Å². The highest BCUT2D eigenvalue weighted by atomic mass is 16.3. The molecule has 1 saturated carbocycles. The first-order valence-corrected chi connectivity index (χ1v) is 5.64. The molecule has 1 aliphatic carbocycles. The molecule has 3 heteroatoms. The third-order valence-electron chi connectivity index (χ3n) is 3.72. The fourth-order valence-electron chi connectivity index (χ4n) is 2.83. The van der Waals surface area contributed by atoms with Crippen molar-refractivity contribution in [3.63, 3.8) is 0 Å². The van der Waals surface area contributed by atoms with Crippen molar-refractivity contribution in [2.75, 3.05) is 6.54 Å². The Balaban J connectivity index is 1.94. The van der Waals surface area contributed by atoms with E-state index in [1.54, 1.807) is 0 Å². The van der Waals surface area contributed by atoms with Crippen LogP contribution in [0.3, 0.4) is 0 Å². The molecule has 1 heterocycles. The van der Waals surface area contributed by atoms with Crippen molar-refractivity contribution in [1.29, 1.82) is 0 Å². The molecule has 0 spiro atoms. The van der Waals surface area contributed by atoms with E-state index < -0.39 is 6.10 Å². The molecule has 0 aromatic carbocycles. The molecule has 2 rings (SSSR count). The molecular weight excluding hydrogens is 178 g/mol. The standard InChI is InChI=1S/C11H19NO2/c1-7-2-3-8(6-7)10(13)9-4-5-12-11(9)14/h7-10,13H,2-6H2,1H3,(H,12,14). The summed E-state index contributed by atoms with van der Waals surface area (Å²) in [5, 5.41) is 12.9. The van der Waals surface area contributed by atoms with Crippen LogP contribution < -0.4 is 5.32 Å². The largest absolute Gasteiger partial charge is 0.392 e. The molecule has 1 saturated heterocycles. The van der Waals surface area contributed by atoms with E-state index in [1.165, 1.54) is 6.42 Å². The number of hydrogen-bond donors (Lipinski definition) is 2. The topological polar surface area (TPSA) is 49.3 Å². The smallest absolute Gasteiger partial charge is 0.225 e. The summed E-state index contributed by atoms with van der Waals surface area (Å²) in [4.78, 5) is 11.4. The molecule has 0 bridgehead atoms. The minimum Gasteiger partial charge on any atom is -0.392 e. The number of aliphatic hydroxyl groups excluding tert-OH is 1. The third-order valence-corrected chi connectivity index (χ3v) is 3.72. The van der Waals surface area contributed by atoms with Crippen molar-refractivity contribution < 1.29 is 9.90 Å². The summed E-state index contributed by atoms with van der Waals surface area (Å²) in [7, 11) is 0. The van der Waals surface area contributed by atoms with Crippen molar-refractivity contribution in [1.82, 2.24) is 5.32 Å². The molecule has 1 amide bonds. The lowest BCUT2D eigenvalue weighted by Crippen LogP contribution is -2.33. The molecule has 0 aromatic heterocycles. The van der Waals surface area contributed by atoms with Gasteiger partial charge in [-0.3, -0.25) is 4.79 Å². The molecule has 80 valence electrons. The number of rotatable bonds is 2. The number of amides is 1. The van der Waals surface area contributed by atoms with Gasteiger partial charge in [-0.2, -0.15) is 0 Å². The molecule has 0 aromatic rings. The van der Waals surface area contributed by atoms with E-state index in [9.17, 15) is 9.90 Å². The van der Waals surface area contributed by atoms with Crippen LogP contribution in [0.5, 0.6) is 0 Å². The monoisotopic (exact) mass is 197 g/mol. The van der Waals surface area contributed by atoms with Crippen LogP contribution in [-0.4, -0.2) is 23.7 Å². The van der Waals surface area contributed by atoms with E-state index >= 15 is 0 Å². The first-order chi connectivity index (χ1) is 6.68. The number of carbonyl (C=O) groups excluding carboxylic acids is 1. The van der Waals surface area contributed by atoms with Gasteiger partial charge in [0.2, 0.25) is 5.91 Å². The molecule has 4 atom stereocenters. The first kappa shape index (κ1) is 9.97. The van der Waals surface area contributed by atoms with Gasteiger partial charge in [-0.25, -0.2) is 0 Å². The highest BCUT2D eigenvalue weighted by molar-refractivity contribution is 5.81. The summed E-state index contributed by atoms with van der Waals surface area (Å²) >= 11 is 0. The van der Waals surface area contributed by atoms with Crippen LogP contribution in [0.2, 0.25) is 0 Å². The third kappa shape index (κ3) is 1.78. The molecule has 14 heavy (non-hydrogen) atoms. The Bertz CT molecular complexity index is 229. The lowest BCUT2D eigenvalue weighted by Gasteiger charge is -2.22. The molecule has 2 N–H and O–H groups in total. The minimum absolute atomic E-state index is 0.0528. The van der Waals surface area contributed by atoms with Gasteiger partial charge in [0.1, 0.15) is 0 Å². The summed E-state index contributed by atoms with van der Waals surface area (Å²) in [6.07, 6.45) is 3.79. The number of carbonyl (C=O) groups is 1. The highest BCUT2D eigenvalue weighted by Crippen LogP contribution is 2.36. The Morgan fingerprint density at radius 1 is 1.43 bits per heavy atom. The summed E-state index contributed by atoms with van der Waals surface area (Å²) in [6.45, 7) is 2.96. The molecule has 0 radical (unpaired) electrons. The normalized spacial score (nSPS) is 39.9. The zero-order valence-electron chi connectivity index (χ0n) is 8.70. The fourth-order valence-corrected chi connectivity index (χ4v) is 2.83. The Hall–Kier alpha value is -0.570. The predicted molar refractivity (Wildman–Crippen MR) is 53.6 cm³/mol. The molecule has 4 unspecified atom stereocenters. The second-order valence-corrected chi connectivity index (χ2v) is 4.86. The zero-order valence-corrected chi connectivity index (χ0v) is 8.70. The Morgan fingerprint density at radius 3 is 2.71 bits per heavy atom. The van der Waals surface area contributed by atoms with E-state index in [1.807, 2.05) is 0 Å². The average Bonchev–Trinajstić information content (AvgIpc) is 2.73. The van der Waals surface area contributed by atoms with Gasteiger partial charge in [0.25, 0.3) is 0 Å². The van der Waals surface area contributed by atoms with Gasteiger partial charge in [-0.05, 0) is 31.1 Å². The molecule has 1 aliphatic heterocycles. The SMILES string of the molecule is CC1CCC(C(O)C2CCNC2=O)C1. The second-order valence-electron chi connectivity index (χ2n) is 4.86. The van der Waals surface area contributed by atoms with Crippen LogP contribution in [0.25, 0.3) is 0 Å². The van der Waals surface area contributed by atoms with Crippen molar-refractivity contribution in [3.8, 4) is 0 Å². The van der Waals surface area contributed by atoms with Gasteiger partial charge in [-0.1, -0.05) is 13.3 Å². The van der Waals surface area contributed by atoms with Gasteiger partial charge in [0.05, 0.1) is 12.0 Å². The van der Waals surface area contributed by atoms with Crippen LogP contribution in [-0.2, 0) is 4.79 Å². The first-order valence-electron chi connectivity index (χ1n) is 5.64. The van der Waals surface area contributed by atoms with Crippen LogP contribution in [0, 0.1) is 17.8 Å². The highest BCUT2D eigenvalue weighted by Gasteiger charge is 2.38. The van der Waals surface area contributed by atoms with Gasteiger partial charge in [0.15, 0.2) is 0 Å². The number of hydrogen-bond acceptors (Lipinski definition) is 2. The average molecular weight is 197 g/mol. The van der Waals surface area contributed by atoms with Gasteiger partial charge >= 0.3 is 0 Å². The Kier molecular flexibility index (Phi) is 2.77. The maximum Gasteiger partial charge on any atom is 0.225 e. The summed E-state index contributed by atoms with van der Waals surface area (Å²) in [5.74, 6) is 1.00. The second kappa shape index (κ2) is 3.89. The fraction of sp³-hybridized carbons (Fsp3) is 0.909. The minimum atomic E-state index is -0.401. The lowest BCUT2D eigenvalue weighted by molar-refractivity contribution is -0.126. The number of nitrogens with one attached hydrogen (secondary N) is 1. The van der Waals surface area contributed by atoms with Crippen molar-refractivity contribution in [2.45, 2.75) is 38.7 Å². The van der Waals surface area contributed by atoms with Crippen LogP contribution in [0.1, 0.15) is 32.6 Å². The van der Waals surface area contributed by atoms with Gasteiger partial charge in [-0.15, -0.1) is 0 Å². The van der Waals surface area contributed by atoms with E-state index in [-0.39, 0.29) is 11.8 Å². The number of aliphatic hydroxyl groups is 1. The Morgan fingerprint density at radius 2 is 2.21 bits per heavy atom. The van der Waals surface area contributed by atoms with E-state index in [0.29, 0.717) is 5.92 Å². The zero-order chi connectivity index (χ0) is 10.1. The molecule has 2 aliphatic rings. The van der Waals surface area contributed by atoms with Crippen molar-refractivity contribution in [2.24, 2.45) is 17.8 Å². The predicted octanol–water partition coefficient (Wildman–Crippen LogP) is 0.920. The van der Waals surface area contributed by atoms with Crippen molar-refractivity contribution in [3.05, 3.63) is 0 Å². The van der Waals surface area contributed by atoms with Crippen LogP contribution in [0.15, 0.2) is 0 Å². The maximum atomic E-state index is 11.4. The van der Waals surface area contributed by atoms with E-state index in [2.05, 4.69) is 12.2 Å². The van der Waals surface area contributed by atoms with Crippen molar-refractivity contribution >= 4 is 5.91 Å². The molecule has 2 fully saturated rings. The quantitative estimate of drug-likeness (QED) is 0.691. The summed E-state index contributed by atoms with van der Waals surface area (Å²) in [6, 6.07) is 0. The summed E-state index contributed by atoms with van der Waals surface area (Å²) < 4.78 is 0. The molecule has 3 nitrogen and oxygen atoms in total. The van der Waals surface area contributed by atoms with Crippen LogP contribution in [0.4, 0.5) is 0 Å². The molecular formula is C11H19NO2.